The molecule has 1 amide bonds. The summed E-state index contributed by atoms with van der Waals surface area (Å²) in [7, 11) is 1.70. The monoisotopic (exact) mass is 541 g/mol. The first-order chi connectivity index (χ1) is 14.7. The molecule has 1 aliphatic heterocycles. The number of aliphatic imine (C=N–C) groups is 1. The number of furan rings is 1. The summed E-state index contributed by atoms with van der Waals surface area (Å²) in [6, 6.07) is 11.7. The lowest BCUT2D eigenvalue weighted by atomic mass is 10.2. The maximum absolute atomic E-state index is 12.4. The zero-order valence-corrected chi connectivity index (χ0v) is 20.5. The number of halogens is 1. The van der Waals surface area contributed by atoms with Gasteiger partial charge in [-0.15, -0.1) is 24.0 Å². The van der Waals surface area contributed by atoms with Gasteiger partial charge in [0.25, 0.3) is 5.91 Å². The van der Waals surface area contributed by atoms with Gasteiger partial charge >= 0.3 is 0 Å². The van der Waals surface area contributed by atoms with Crippen LogP contribution in [-0.2, 0) is 11.3 Å². The van der Waals surface area contributed by atoms with Crippen molar-refractivity contribution in [2.75, 3.05) is 58.3 Å². The Hall–Kier alpha value is -2.27. The van der Waals surface area contributed by atoms with Gasteiger partial charge in [-0.2, -0.15) is 0 Å². The first-order valence-corrected chi connectivity index (χ1v) is 10.4. The van der Waals surface area contributed by atoms with E-state index in [0.717, 1.165) is 43.4 Å². The largest absolute Gasteiger partial charge is 0.459 e. The Labute approximate surface area is 201 Å². The molecule has 0 bridgehead atoms. The maximum Gasteiger partial charge on any atom is 0.289 e. The summed E-state index contributed by atoms with van der Waals surface area (Å²) >= 11 is 0. The minimum Gasteiger partial charge on any atom is -0.459 e. The van der Waals surface area contributed by atoms with E-state index in [9.17, 15) is 4.79 Å². The Morgan fingerprint density at radius 2 is 1.84 bits per heavy atom. The lowest BCUT2D eigenvalue weighted by Gasteiger charge is -2.36. The molecule has 0 atom stereocenters. The molecule has 0 aliphatic carbocycles. The van der Waals surface area contributed by atoms with Crippen LogP contribution in [0.3, 0.4) is 0 Å². The van der Waals surface area contributed by atoms with Crippen molar-refractivity contribution in [3.8, 4) is 0 Å². The van der Waals surface area contributed by atoms with E-state index in [0.29, 0.717) is 32.0 Å². The number of carbonyl (C=O) groups excluding carboxylic acids is 1. The molecule has 0 spiro atoms. The topological polar surface area (TPSA) is 82.3 Å². The molecule has 170 valence electrons. The lowest BCUT2D eigenvalue weighted by Crippen LogP contribution is -2.53. The number of hydrogen-bond acceptors (Lipinski definition) is 5. The van der Waals surface area contributed by atoms with Crippen molar-refractivity contribution in [2.45, 2.75) is 13.5 Å². The zero-order valence-electron chi connectivity index (χ0n) is 18.2. The molecule has 0 saturated carbocycles. The third kappa shape index (κ3) is 7.42. The lowest BCUT2D eigenvalue weighted by molar-refractivity contribution is 0.0657. The number of carbonyl (C=O) groups is 1. The molecule has 8 nitrogen and oxygen atoms in total. The van der Waals surface area contributed by atoms with E-state index in [4.69, 9.17) is 14.1 Å². The number of methoxy groups -OCH3 is 1. The fourth-order valence-electron chi connectivity index (χ4n) is 3.29. The standard InChI is InChI=1S/C22H31N5O3.HI/c1-3-23-22(25-17-18-6-8-19(9-7-18)24-10-16-29-2)27-13-11-26(12-14-27)21(28)20-5-4-15-30-20;/h4-9,15,24H,3,10-14,16-17H2,1-2H3,(H,23,25);1H. The molecule has 1 aromatic carbocycles. The number of hydrogen-bond donors (Lipinski definition) is 2. The predicted octanol–water partition coefficient (Wildman–Crippen LogP) is 2.88. The maximum atomic E-state index is 12.4. The quantitative estimate of drug-likeness (QED) is 0.232. The van der Waals surface area contributed by atoms with Crippen molar-refractivity contribution in [2.24, 2.45) is 4.99 Å². The van der Waals surface area contributed by atoms with Crippen LogP contribution in [0.4, 0.5) is 5.69 Å². The van der Waals surface area contributed by atoms with E-state index in [1.54, 1.807) is 19.2 Å². The molecule has 2 aromatic rings. The second-order valence-electron chi connectivity index (χ2n) is 7.04. The van der Waals surface area contributed by atoms with Crippen LogP contribution in [0.25, 0.3) is 0 Å². The van der Waals surface area contributed by atoms with E-state index < -0.39 is 0 Å². The summed E-state index contributed by atoms with van der Waals surface area (Å²) in [5.41, 5.74) is 2.22. The highest BCUT2D eigenvalue weighted by Gasteiger charge is 2.25. The highest BCUT2D eigenvalue weighted by molar-refractivity contribution is 14.0. The van der Waals surface area contributed by atoms with Gasteiger partial charge in [-0.05, 0) is 36.8 Å². The summed E-state index contributed by atoms with van der Waals surface area (Å²) in [5.74, 6) is 1.22. The Morgan fingerprint density at radius 3 is 2.45 bits per heavy atom. The fraction of sp³-hybridized carbons (Fsp3) is 0.455. The van der Waals surface area contributed by atoms with Gasteiger partial charge in [-0.1, -0.05) is 12.1 Å². The molecular weight excluding hydrogens is 509 g/mol. The van der Waals surface area contributed by atoms with Gasteiger partial charge in [0.1, 0.15) is 0 Å². The third-order valence-corrected chi connectivity index (χ3v) is 4.93. The summed E-state index contributed by atoms with van der Waals surface area (Å²) in [4.78, 5) is 21.3. The van der Waals surface area contributed by atoms with Gasteiger partial charge in [0.15, 0.2) is 11.7 Å². The number of guanidine groups is 1. The molecule has 0 unspecified atom stereocenters. The van der Waals surface area contributed by atoms with Crippen LogP contribution in [0.15, 0.2) is 52.1 Å². The van der Waals surface area contributed by atoms with Gasteiger partial charge in [0.2, 0.25) is 0 Å². The average molecular weight is 541 g/mol. The molecule has 1 fully saturated rings. The molecule has 1 aromatic heterocycles. The predicted molar refractivity (Wildman–Crippen MR) is 133 cm³/mol. The van der Waals surface area contributed by atoms with E-state index in [1.165, 1.54) is 6.26 Å². The SMILES string of the molecule is CCNC(=NCc1ccc(NCCOC)cc1)N1CCN(C(=O)c2ccco2)CC1.I. The molecule has 31 heavy (non-hydrogen) atoms. The third-order valence-electron chi connectivity index (χ3n) is 4.93. The van der Waals surface area contributed by atoms with Gasteiger partial charge in [-0.3, -0.25) is 4.79 Å². The van der Waals surface area contributed by atoms with Gasteiger partial charge in [0.05, 0.1) is 19.4 Å². The second-order valence-corrected chi connectivity index (χ2v) is 7.04. The van der Waals surface area contributed by atoms with Crippen LogP contribution >= 0.6 is 24.0 Å². The number of piperazine rings is 1. The summed E-state index contributed by atoms with van der Waals surface area (Å²) in [6.07, 6.45) is 1.53. The van der Waals surface area contributed by atoms with Crippen molar-refractivity contribution in [3.05, 3.63) is 54.0 Å². The Bertz CT molecular complexity index is 803. The van der Waals surface area contributed by atoms with Crippen LogP contribution in [0, 0.1) is 0 Å². The summed E-state index contributed by atoms with van der Waals surface area (Å²) in [5, 5.41) is 6.68. The Morgan fingerprint density at radius 1 is 1.13 bits per heavy atom. The van der Waals surface area contributed by atoms with Crippen LogP contribution in [0.1, 0.15) is 23.0 Å². The van der Waals surface area contributed by atoms with Gasteiger partial charge < -0.3 is 29.6 Å². The summed E-state index contributed by atoms with van der Waals surface area (Å²) in [6.45, 7) is 7.69. The first-order valence-electron chi connectivity index (χ1n) is 10.4. The highest BCUT2D eigenvalue weighted by atomic mass is 127. The Balaban J connectivity index is 0.00000341. The molecule has 1 aliphatic rings. The minimum absolute atomic E-state index is 0. The van der Waals surface area contributed by atoms with E-state index >= 15 is 0 Å². The normalized spacial score (nSPS) is 14.2. The molecule has 0 radical (unpaired) electrons. The van der Waals surface area contributed by atoms with E-state index in [-0.39, 0.29) is 29.9 Å². The van der Waals surface area contributed by atoms with E-state index in [2.05, 4.69) is 46.7 Å². The highest BCUT2D eigenvalue weighted by Crippen LogP contribution is 2.12. The van der Waals surface area contributed by atoms with Crippen molar-refractivity contribution < 1.29 is 13.9 Å². The van der Waals surface area contributed by atoms with Crippen molar-refractivity contribution >= 4 is 41.5 Å². The number of anilines is 1. The van der Waals surface area contributed by atoms with Crippen LogP contribution < -0.4 is 10.6 Å². The van der Waals surface area contributed by atoms with Crippen LogP contribution in [-0.4, -0.2) is 74.7 Å². The van der Waals surface area contributed by atoms with Crippen LogP contribution in [0.5, 0.6) is 0 Å². The zero-order chi connectivity index (χ0) is 21.2. The first kappa shape index (κ1) is 25.0. The smallest absolute Gasteiger partial charge is 0.289 e. The minimum atomic E-state index is -0.0548. The number of rotatable bonds is 8. The van der Waals surface area contributed by atoms with Gasteiger partial charge in [-0.25, -0.2) is 4.99 Å². The number of nitrogens with zero attached hydrogens (tertiary/aromatic N) is 3. The van der Waals surface area contributed by atoms with Gasteiger partial charge in [0, 0.05) is 52.1 Å². The number of ether oxygens (including phenoxy) is 1. The number of amides is 1. The van der Waals surface area contributed by atoms with E-state index in [1.807, 2.05) is 4.90 Å². The molecule has 2 heterocycles. The van der Waals surface area contributed by atoms with Crippen molar-refractivity contribution in [1.29, 1.82) is 0 Å². The summed E-state index contributed by atoms with van der Waals surface area (Å²) < 4.78 is 10.3. The fourth-order valence-corrected chi connectivity index (χ4v) is 3.29. The number of benzene rings is 1. The average Bonchev–Trinajstić information content (AvgIpc) is 3.32. The van der Waals surface area contributed by atoms with Crippen molar-refractivity contribution in [1.82, 2.24) is 15.1 Å². The molecule has 2 N–H and O–H groups in total. The molecule has 9 heteroatoms. The Kier molecular flexibility index (Phi) is 10.6. The molecular formula is C22H32IN5O3. The second kappa shape index (κ2) is 13.2. The van der Waals surface area contributed by atoms with Crippen molar-refractivity contribution in [3.63, 3.8) is 0 Å². The van der Waals surface area contributed by atoms with Crippen LogP contribution in [0.2, 0.25) is 0 Å². The molecule has 1 saturated heterocycles. The number of nitrogens with one attached hydrogen (secondary N) is 2. The molecule has 3 rings (SSSR count).